The van der Waals surface area contributed by atoms with Crippen LogP contribution >= 0.6 is 23.1 Å². The van der Waals surface area contributed by atoms with Gasteiger partial charge in [-0.25, -0.2) is 0 Å². The first-order valence-electron chi connectivity index (χ1n) is 13.4. The van der Waals surface area contributed by atoms with Crippen LogP contribution in [0.25, 0.3) is 10.8 Å². The van der Waals surface area contributed by atoms with Crippen LogP contribution in [0.3, 0.4) is 0 Å². The zero-order valence-corrected chi connectivity index (χ0v) is 23.5. The number of carbonyl (C=O) groups excluding carboxylic acids is 1. The summed E-state index contributed by atoms with van der Waals surface area (Å²) in [6.07, 6.45) is 3.77. The van der Waals surface area contributed by atoms with Gasteiger partial charge in [0.25, 0.3) is 0 Å². The number of hydrogen-bond acceptors (Lipinski definition) is 6. The lowest BCUT2D eigenvalue weighted by Gasteiger charge is -2.40. The molecule has 8 heteroatoms. The molecule has 0 saturated heterocycles. The van der Waals surface area contributed by atoms with Crippen molar-refractivity contribution in [3.05, 3.63) is 80.8 Å². The number of aromatic nitrogens is 1. The molecule has 0 unspecified atom stereocenters. The lowest BCUT2D eigenvalue weighted by Crippen LogP contribution is -2.34. The molecule has 1 N–H and O–H groups in total. The number of ether oxygens (including phenoxy) is 2. The first kappa shape index (κ1) is 24.8. The first-order valence-corrected chi connectivity index (χ1v) is 15.1. The molecule has 2 heterocycles. The van der Waals surface area contributed by atoms with Crippen molar-refractivity contribution in [2.75, 3.05) is 19.5 Å². The lowest BCUT2D eigenvalue weighted by molar-refractivity contribution is -0.116. The molecule has 4 aromatic rings. The third-order valence-electron chi connectivity index (χ3n) is 8.79. The van der Waals surface area contributed by atoms with Crippen LogP contribution in [-0.4, -0.2) is 29.9 Å². The van der Waals surface area contributed by atoms with Crippen LogP contribution in [0.2, 0.25) is 0 Å². The van der Waals surface area contributed by atoms with E-state index in [-0.39, 0.29) is 23.2 Å². The average Bonchev–Trinajstić information content (AvgIpc) is 3.65. The Morgan fingerprint density at radius 2 is 1.77 bits per heavy atom. The minimum absolute atomic E-state index is 0.00856. The summed E-state index contributed by atoms with van der Waals surface area (Å²) in [7, 11) is 3.31. The highest BCUT2D eigenvalue weighted by Gasteiger charge is 2.55. The van der Waals surface area contributed by atoms with E-state index in [1.807, 2.05) is 60.3 Å². The monoisotopic (exact) mass is 558 g/mol. The maximum atomic E-state index is 13.4. The van der Waals surface area contributed by atoms with Crippen LogP contribution in [0.5, 0.6) is 11.5 Å². The Labute approximate surface area is 235 Å². The van der Waals surface area contributed by atoms with Crippen molar-refractivity contribution in [2.45, 2.75) is 42.0 Å². The highest BCUT2D eigenvalue weighted by molar-refractivity contribution is 8.00. The molecule has 6 nitrogen and oxygen atoms in total. The smallest absolute Gasteiger partial charge is 0.308 e. The number of fused-ring (bicyclic) bond motifs is 7. The van der Waals surface area contributed by atoms with Crippen LogP contribution in [0.4, 0.5) is 5.69 Å². The molecule has 1 amide bonds. The largest absolute Gasteiger partial charge is 0.493 e. The molecule has 1 aromatic heterocycles. The SMILES string of the molecule is COc1ccc([C@@H]2c3sc(=O)n(CC(=O)Nc4ccc5ccccc5c4)c3S[C@@H]3[C@H]4CC[C@@H](C4)[C@@H]23)cc1OC. The molecule has 2 bridgehead atoms. The quantitative estimate of drug-likeness (QED) is 0.298. The van der Waals surface area contributed by atoms with E-state index in [2.05, 4.69) is 17.4 Å². The first-order chi connectivity index (χ1) is 19.0. The Hall–Kier alpha value is -3.23. The van der Waals surface area contributed by atoms with Crippen molar-refractivity contribution in [2.24, 2.45) is 17.8 Å². The molecule has 0 radical (unpaired) electrons. The number of benzene rings is 3. The zero-order valence-electron chi connectivity index (χ0n) is 21.9. The molecule has 3 aliphatic rings. The van der Waals surface area contributed by atoms with Gasteiger partial charge < -0.3 is 14.8 Å². The number of carbonyl (C=O) groups is 1. The Morgan fingerprint density at radius 3 is 2.59 bits per heavy atom. The number of methoxy groups -OCH3 is 2. The van der Waals surface area contributed by atoms with Gasteiger partial charge in [0.1, 0.15) is 6.54 Å². The molecule has 2 saturated carbocycles. The van der Waals surface area contributed by atoms with Gasteiger partial charge in [0.05, 0.1) is 19.2 Å². The van der Waals surface area contributed by atoms with Crippen molar-refractivity contribution in [1.29, 1.82) is 0 Å². The summed E-state index contributed by atoms with van der Waals surface area (Å²) in [6, 6.07) is 20.1. The van der Waals surface area contributed by atoms with Gasteiger partial charge >= 0.3 is 4.87 Å². The van der Waals surface area contributed by atoms with Gasteiger partial charge in [0.2, 0.25) is 5.91 Å². The summed E-state index contributed by atoms with van der Waals surface area (Å²) >= 11 is 3.15. The Kier molecular flexibility index (Phi) is 6.20. The fraction of sp³-hybridized carbons (Fsp3) is 0.355. The predicted molar refractivity (Wildman–Crippen MR) is 157 cm³/mol. The molecule has 1 aliphatic heterocycles. The number of anilines is 1. The van der Waals surface area contributed by atoms with E-state index < -0.39 is 0 Å². The number of hydrogen-bond donors (Lipinski definition) is 1. The van der Waals surface area contributed by atoms with Gasteiger partial charge in [-0.1, -0.05) is 47.7 Å². The van der Waals surface area contributed by atoms with Gasteiger partial charge in [-0.2, -0.15) is 0 Å². The van der Waals surface area contributed by atoms with E-state index in [9.17, 15) is 9.59 Å². The summed E-state index contributed by atoms with van der Waals surface area (Å²) < 4.78 is 12.9. The zero-order chi connectivity index (χ0) is 26.7. The number of nitrogens with one attached hydrogen (secondary N) is 1. The normalized spacial score (nSPS) is 24.8. The third kappa shape index (κ3) is 4.16. The minimum Gasteiger partial charge on any atom is -0.493 e. The standard InChI is InChI=1S/C31H30N2O4S2/c1-36-23-12-10-20(15-24(23)37-2)27-26-19-7-8-21(13-19)28(26)38-30-29(27)39-31(35)33(30)16-25(34)32-22-11-9-17-5-3-4-6-18(17)14-22/h3-6,9-12,14-15,19,21,26-28H,7-8,13,16H2,1-2H3,(H,32,34)/t19-,21-,26-,27-,28+/m0/s1. The minimum atomic E-state index is -0.189. The molecule has 5 atom stereocenters. The molecular formula is C31H30N2O4S2. The van der Waals surface area contributed by atoms with E-state index in [1.54, 1.807) is 18.8 Å². The van der Waals surface area contributed by atoms with Gasteiger partial charge in [0.15, 0.2) is 11.5 Å². The fourth-order valence-corrected chi connectivity index (χ4v) is 10.3. The molecule has 2 fully saturated rings. The molecule has 3 aromatic carbocycles. The van der Waals surface area contributed by atoms with Crippen molar-refractivity contribution in [1.82, 2.24) is 4.57 Å². The highest BCUT2D eigenvalue weighted by atomic mass is 32.2. The number of rotatable bonds is 6. The summed E-state index contributed by atoms with van der Waals surface area (Å²) in [5, 5.41) is 6.63. The van der Waals surface area contributed by atoms with E-state index in [0.717, 1.165) is 31.9 Å². The Morgan fingerprint density at radius 1 is 0.974 bits per heavy atom. The summed E-state index contributed by atoms with van der Waals surface area (Å²) in [5.41, 5.74) is 1.89. The summed E-state index contributed by atoms with van der Waals surface area (Å²) in [5.74, 6) is 3.15. The fourth-order valence-electron chi connectivity index (χ4n) is 7.12. The topological polar surface area (TPSA) is 69.6 Å². The van der Waals surface area contributed by atoms with Crippen LogP contribution in [0.1, 0.15) is 35.6 Å². The second-order valence-electron chi connectivity index (χ2n) is 10.8. The van der Waals surface area contributed by atoms with Gasteiger partial charge in [-0.05, 0) is 77.6 Å². The second kappa shape index (κ2) is 9.75. The van der Waals surface area contributed by atoms with E-state index >= 15 is 0 Å². The molecule has 7 rings (SSSR count). The maximum Gasteiger partial charge on any atom is 0.308 e. The van der Waals surface area contributed by atoms with Gasteiger partial charge in [-0.3, -0.25) is 14.2 Å². The van der Waals surface area contributed by atoms with E-state index in [4.69, 9.17) is 9.47 Å². The maximum absolute atomic E-state index is 13.4. The number of thiazole rings is 1. The number of thioether (sulfide) groups is 1. The molecule has 0 spiro atoms. The van der Waals surface area contributed by atoms with Gasteiger partial charge in [-0.15, -0.1) is 11.8 Å². The van der Waals surface area contributed by atoms with Crippen LogP contribution < -0.4 is 19.7 Å². The van der Waals surface area contributed by atoms with Crippen molar-refractivity contribution < 1.29 is 14.3 Å². The molecule has 39 heavy (non-hydrogen) atoms. The number of amides is 1. The third-order valence-corrected chi connectivity index (χ3v) is 11.6. The van der Waals surface area contributed by atoms with Crippen LogP contribution in [-0.2, 0) is 11.3 Å². The Balaban J connectivity index is 1.24. The summed E-state index contributed by atoms with van der Waals surface area (Å²) in [6.45, 7) is 0.00856. The Bertz CT molecular complexity index is 1640. The predicted octanol–water partition coefficient (Wildman–Crippen LogP) is 6.37. The van der Waals surface area contributed by atoms with Crippen LogP contribution in [0, 0.1) is 17.8 Å². The van der Waals surface area contributed by atoms with Crippen molar-refractivity contribution >= 4 is 45.5 Å². The van der Waals surface area contributed by atoms with Gasteiger partial charge in [0, 0.05) is 21.7 Å². The molecular weight excluding hydrogens is 528 g/mol. The molecule has 200 valence electrons. The van der Waals surface area contributed by atoms with Crippen molar-refractivity contribution in [3.63, 3.8) is 0 Å². The second-order valence-corrected chi connectivity index (χ2v) is 13.0. The van der Waals surface area contributed by atoms with Crippen molar-refractivity contribution in [3.8, 4) is 11.5 Å². The molecule has 2 aliphatic carbocycles. The highest BCUT2D eigenvalue weighted by Crippen LogP contribution is 2.64. The average molecular weight is 559 g/mol. The summed E-state index contributed by atoms with van der Waals surface area (Å²) in [4.78, 5) is 27.6. The number of nitrogens with zero attached hydrogens (tertiary/aromatic N) is 1. The lowest BCUT2D eigenvalue weighted by atomic mass is 9.75. The van der Waals surface area contributed by atoms with E-state index in [1.165, 1.54) is 30.6 Å². The van der Waals surface area contributed by atoms with Crippen LogP contribution in [0.15, 0.2) is 70.5 Å². The van der Waals surface area contributed by atoms with E-state index in [0.29, 0.717) is 34.5 Å².